The number of rotatable bonds is 9. The summed E-state index contributed by atoms with van der Waals surface area (Å²) in [5.41, 5.74) is 3.66. The number of carboxylic acid groups (broad SMARTS) is 1. The van der Waals surface area contributed by atoms with E-state index in [2.05, 4.69) is 21.4 Å². The number of anilines is 1. The molecule has 0 aliphatic carbocycles. The van der Waals surface area contributed by atoms with Crippen molar-refractivity contribution < 1.29 is 19.0 Å². The molecule has 2 aromatic heterocycles. The third-order valence-electron chi connectivity index (χ3n) is 5.56. The molecule has 0 atom stereocenters. The van der Waals surface area contributed by atoms with Gasteiger partial charge in [0, 0.05) is 33.8 Å². The van der Waals surface area contributed by atoms with Crippen LogP contribution >= 0.6 is 11.3 Å². The summed E-state index contributed by atoms with van der Waals surface area (Å²) in [7, 11) is 0. The van der Waals surface area contributed by atoms with E-state index in [-0.39, 0.29) is 18.3 Å². The fraction of sp³-hybridized carbons (Fsp3) is 0.259. The lowest BCUT2D eigenvalue weighted by Crippen LogP contribution is -2.10. The van der Waals surface area contributed by atoms with Crippen molar-refractivity contribution in [3.05, 3.63) is 70.1 Å². The molecule has 0 radical (unpaired) electrons. The minimum absolute atomic E-state index is 0.112. The quantitative estimate of drug-likeness (QED) is 0.299. The predicted octanol–water partition coefficient (Wildman–Crippen LogP) is 5.75. The van der Waals surface area contributed by atoms with Gasteiger partial charge >= 0.3 is 5.97 Å². The van der Waals surface area contributed by atoms with Gasteiger partial charge in [-0.05, 0) is 56.5 Å². The number of aromatic nitrogens is 2. The zero-order valence-corrected chi connectivity index (χ0v) is 20.9. The van der Waals surface area contributed by atoms with Crippen molar-refractivity contribution in [2.45, 2.75) is 39.7 Å². The molecule has 0 aliphatic heterocycles. The number of ether oxygens (including phenoxy) is 1. The van der Waals surface area contributed by atoms with Crippen molar-refractivity contribution in [3.63, 3.8) is 0 Å². The molecule has 0 aliphatic rings. The maximum Gasteiger partial charge on any atom is 0.307 e. The Morgan fingerprint density at radius 1 is 1.25 bits per heavy atom. The van der Waals surface area contributed by atoms with Crippen LogP contribution in [0.1, 0.15) is 35.4 Å². The zero-order chi connectivity index (χ0) is 25.8. The van der Waals surface area contributed by atoms with Crippen molar-refractivity contribution in [2.24, 2.45) is 0 Å². The Hall–Kier alpha value is -4.03. The first-order chi connectivity index (χ1) is 17.2. The van der Waals surface area contributed by atoms with Crippen LogP contribution in [0.3, 0.4) is 0 Å². The Balaban J connectivity index is 1.54. The van der Waals surface area contributed by atoms with Crippen LogP contribution in [-0.2, 0) is 17.6 Å². The molecule has 0 unspecified atom stereocenters. The molecule has 2 heterocycles. The molecule has 0 saturated heterocycles. The van der Waals surface area contributed by atoms with Crippen molar-refractivity contribution in [1.82, 2.24) is 9.97 Å². The summed E-state index contributed by atoms with van der Waals surface area (Å²) in [6, 6.07) is 12.3. The standard InChI is InChI=1S/C27H25FN4O3S/c1-15(2)35-23-9-17(4-5-18(23)10-26(33)34)22-12-25(32-14-31-22)30-7-6-20-21-11-19(28)8-16(3)27(21)36-24(20)13-29/h4-5,8-9,11-12,14-15H,6-7,10H2,1-3H3,(H,33,34)(H,30,31,32). The number of fused-ring (bicyclic) bond motifs is 1. The molecule has 184 valence electrons. The summed E-state index contributed by atoms with van der Waals surface area (Å²) in [5.74, 6) is -0.136. The second-order valence-electron chi connectivity index (χ2n) is 8.65. The Morgan fingerprint density at radius 2 is 2.06 bits per heavy atom. The molecule has 0 fully saturated rings. The van der Waals surface area contributed by atoms with E-state index in [1.165, 1.54) is 29.8 Å². The van der Waals surface area contributed by atoms with Crippen LogP contribution in [0, 0.1) is 24.1 Å². The zero-order valence-electron chi connectivity index (χ0n) is 20.1. The third-order valence-corrected chi connectivity index (χ3v) is 6.85. The van der Waals surface area contributed by atoms with Gasteiger partial charge in [-0.25, -0.2) is 14.4 Å². The number of nitriles is 1. The van der Waals surface area contributed by atoms with Crippen molar-refractivity contribution in [1.29, 1.82) is 5.26 Å². The van der Waals surface area contributed by atoms with Gasteiger partial charge in [-0.15, -0.1) is 11.3 Å². The largest absolute Gasteiger partial charge is 0.491 e. The fourth-order valence-electron chi connectivity index (χ4n) is 4.03. The van der Waals surface area contributed by atoms with Crippen LogP contribution in [0.5, 0.6) is 5.75 Å². The highest BCUT2D eigenvalue weighted by Crippen LogP contribution is 2.34. The molecule has 4 rings (SSSR count). The molecule has 7 nitrogen and oxygen atoms in total. The first kappa shape index (κ1) is 25.1. The highest BCUT2D eigenvalue weighted by atomic mass is 32.1. The van der Waals surface area contributed by atoms with Crippen LogP contribution < -0.4 is 10.1 Å². The average Bonchev–Trinajstić information content (AvgIpc) is 3.17. The Kier molecular flexibility index (Phi) is 7.46. The molecular formula is C27H25FN4O3S. The van der Waals surface area contributed by atoms with Crippen LogP contribution in [-0.4, -0.2) is 33.7 Å². The number of aliphatic carboxylic acids is 1. The summed E-state index contributed by atoms with van der Waals surface area (Å²) < 4.78 is 20.8. The molecule has 0 spiro atoms. The molecule has 9 heteroatoms. The van der Waals surface area contributed by atoms with E-state index in [9.17, 15) is 19.6 Å². The predicted molar refractivity (Wildman–Crippen MR) is 138 cm³/mol. The van der Waals surface area contributed by atoms with Crippen LogP contribution in [0.2, 0.25) is 0 Å². The fourth-order valence-corrected chi connectivity index (χ4v) is 5.12. The van der Waals surface area contributed by atoms with Gasteiger partial charge in [0.15, 0.2) is 0 Å². The summed E-state index contributed by atoms with van der Waals surface area (Å²) in [6.07, 6.45) is 1.73. The number of aryl methyl sites for hydroxylation is 1. The molecular weight excluding hydrogens is 479 g/mol. The van der Waals surface area contributed by atoms with Gasteiger partial charge in [0.2, 0.25) is 0 Å². The summed E-state index contributed by atoms with van der Waals surface area (Å²) in [6.45, 7) is 6.10. The Labute approximate surface area is 212 Å². The molecule has 0 bridgehead atoms. The molecule has 0 saturated carbocycles. The van der Waals surface area contributed by atoms with Crippen LogP contribution in [0.15, 0.2) is 42.7 Å². The van der Waals surface area contributed by atoms with Crippen LogP contribution in [0.25, 0.3) is 21.3 Å². The van der Waals surface area contributed by atoms with Crippen molar-refractivity contribution in [3.8, 4) is 23.1 Å². The lowest BCUT2D eigenvalue weighted by Gasteiger charge is -2.15. The molecule has 2 aromatic carbocycles. The second-order valence-corrected chi connectivity index (χ2v) is 9.67. The van der Waals surface area contributed by atoms with Crippen molar-refractivity contribution in [2.75, 3.05) is 11.9 Å². The molecule has 36 heavy (non-hydrogen) atoms. The van der Waals surface area contributed by atoms with E-state index in [4.69, 9.17) is 4.74 Å². The number of carbonyl (C=O) groups is 1. The summed E-state index contributed by atoms with van der Waals surface area (Å²) in [4.78, 5) is 20.5. The third kappa shape index (κ3) is 5.61. The van der Waals surface area contributed by atoms with Gasteiger partial charge in [0.1, 0.15) is 34.7 Å². The number of thiophene rings is 1. The monoisotopic (exact) mass is 504 g/mol. The number of hydrogen-bond donors (Lipinski definition) is 2. The normalized spacial score (nSPS) is 11.0. The minimum atomic E-state index is -0.930. The molecule has 2 N–H and O–H groups in total. The van der Waals surface area contributed by atoms with Gasteiger partial charge in [-0.3, -0.25) is 4.79 Å². The Bertz CT molecular complexity index is 1480. The number of nitrogens with one attached hydrogen (secondary N) is 1. The molecule has 4 aromatic rings. The van der Waals surface area contributed by atoms with Gasteiger partial charge in [-0.1, -0.05) is 12.1 Å². The van der Waals surface area contributed by atoms with E-state index in [1.807, 2.05) is 26.8 Å². The number of carboxylic acids is 1. The van der Waals surface area contributed by atoms with Gasteiger partial charge in [-0.2, -0.15) is 5.26 Å². The highest BCUT2D eigenvalue weighted by molar-refractivity contribution is 7.20. The Morgan fingerprint density at radius 3 is 2.78 bits per heavy atom. The number of hydrogen-bond acceptors (Lipinski definition) is 7. The van der Waals surface area contributed by atoms with E-state index >= 15 is 0 Å². The van der Waals surface area contributed by atoms with Crippen molar-refractivity contribution >= 4 is 33.2 Å². The lowest BCUT2D eigenvalue weighted by atomic mass is 10.0. The van der Waals surface area contributed by atoms with E-state index in [0.29, 0.717) is 40.7 Å². The van der Waals surface area contributed by atoms with E-state index in [1.54, 1.807) is 18.2 Å². The second kappa shape index (κ2) is 10.7. The number of nitrogens with zero attached hydrogens (tertiary/aromatic N) is 3. The highest BCUT2D eigenvalue weighted by Gasteiger charge is 2.15. The van der Waals surface area contributed by atoms with E-state index in [0.717, 1.165) is 26.8 Å². The molecule has 0 amide bonds. The van der Waals surface area contributed by atoms with Gasteiger partial charge in [0.05, 0.1) is 18.2 Å². The number of halogens is 1. The topological polar surface area (TPSA) is 108 Å². The average molecular weight is 505 g/mol. The first-order valence-electron chi connectivity index (χ1n) is 11.4. The van der Waals surface area contributed by atoms with Gasteiger partial charge in [0.25, 0.3) is 0 Å². The maximum absolute atomic E-state index is 14.0. The van der Waals surface area contributed by atoms with Gasteiger partial charge < -0.3 is 15.2 Å². The van der Waals surface area contributed by atoms with E-state index < -0.39 is 5.97 Å². The first-order valence-corrected chi connectivity index (χ1v) is 12.3. The SMILES string of the molecule is Cc1cc(F)cc2c(CCNc3cc(-c4ccc(CC(=O)O)c(OC(C)C)c4)ncn3)c(C#N)sc12. The van der Waals surface area contributed by atoms with Crippen LogP contribution in [0.4, 0.5) is 10.2 Å². The summed E-state index contributed by atoms with van der Waals surface area (Å²) in [5, 5.41) is 22.8. The smallest absolute Gasteiger partial charge is 0.307 e. The number of benzene rings is 2. The maximum atomic E-state index is 14.0. The summed E-state index contributed by atoms with van der Waals surface area (Å²) >= 11 is 1.39. The minimum Gasteiger partial charge on any atom is -0.491 e. The lowest BCUT2D eigenvalue weighted by molar-refractivity contribution is -0.136.